The Labute approximate surface area is 115 Å². The highest BCUT2D eigenvalue weighted by molar-refractivity contribution is 5.24. The summed E-state index contributed by atoms with van der Waals surface area (Å²) in [5.41, 5.74) is 3.89. The molecule has 0 fully saturated rings. The van der Waals surface area contributed by atoms with Crippen molar-refractivity contribution >= 4 is 0 Å². The monoisotopic (exact) mass is 257 g/mol. The first-order valence-electron chi connectivity index (χ1n) is 7.09. The lowest BCUT2D eigenvalue weighted by Crippen LogP contribution is -2.18. The van der Waals surface area contributed by atoms with Crippen molar-refractivity contribution in [3.8, 4) is 0 Å². The van der Waals surface area contributed by atoms with Gasteiger partial charge in [0, 0.05) is 24.5 Å². The number of hydrogen-bond donors (Lipinski definition) is 2. The van der Waals surface area contributed by atoms with Gasteiger partial charge in [-0.3, -0.25) is 0 Å². The van der Waals surface area contributed by atoms with Crippen molar-refractivity contribution in [2.24, 2.45) is 0 Å². The first kappa shape index (κ1) is 13.8. The molecule has 2 rings (SSSR count). The van der Waals surface area contributed by atoms with Crippen LogP contribution in [0.4, 0.5) is 0 Å². The Morgan fingerprint density at radius 1 is 1.26 bits per heavy atom. The van der Waals surface area contributed by atoms with Gasteiger partial charge in [0.15, 0.2) is 0 Å². The van der Waals surface area contributed by atoms with Crippen LogP contribution in [0.5, 0.6) is 0 Å². The molecule has 3 nitrogen and oxygen atoms in total. The topological polar surface area (TPSA) is 40.7 Å². The van der Waals surface area contributed by atoms with E-state index >= 15 is 0 Å². The molecular formula is C16H23N3. The summed E-state index contributed by atoms with van der Waals surface area (Å²) >= 11 is 0. The summed E-state index contributed by atoms with van der Waals surface area (Å²) in [6.07, 6.45) is 7.28. The summed E-state index contributed by atoms with van der Waals surface area (Å²) < 4.78 is 0. The van der Waals surface area contributed by atoms with Crippen LogP contribution in [-0.2, 0) is 13.0 Å². The Balaban J connectivity index is 1.86. The fourth-order valence-electron chi connectivity index (χ4n) is 2.12. The van der Waals surface area contributed by atoms with Crippen LogP contribution in [0, 0.1) is 0 Å². The molecule has 0 aliphatic heterocycles. The minimum Gasteiger partial charge on any atom is -0.347 e. The third-order valence-corrected chi connectivity index (χ3v) is 3.45. The molecule has 2 N–H and O–H groups in total. The number of benzene rings is 1. The van der Waals surface area contributed by atoms with Gasteiger partial charge < -0.3 is 10.3 Å². The number of imidazole rings is 1. The molecule has 1 aromatic heterocycles. The quantitative estimate of drug-likeness (QED) is 0.795. The molecule has 1 atom stereocenters. The van der Waals surface area contributed by atoms with Crippen molar-refractivity contribution in [2.45, 2.75) is 45.7 Å². The lowest BCUT2D eigenvalue weighted by Gasteiger charge is -2.14. The number of aryl methyl sites for hydroxylation is 1. The van der Waals surface area contributed by atoms with Crippen LogP contribution in [0.15, 0.2) is 36.8 Å². The average molecular weight is 257 g/mol. The van der Waals surface area contributed by atoms with E-state index in [1.54, 1.807) is 6.33 Å². The molecule has 0 aliphatic rings. The van der Waals surface area contributed by atoms with Gasteiger partial charge in [0.1, 0.15) is 0 Å². The summed E-state index contributed by atoms with van der Waals surface area (Å²) in [5, 5.41) is 3.49. The minimum absolute atomic E-state index is 0.350. The van der Waals surface area contributed by atoms with Gasteiger partial charge in [0.05, 0.1) is 6.33 Å². The van der Waals surface area contributed by atoms with Gasteiger partial charge in [-0.25, -0.2) is 4.98 Å². The third-order valence-electron chi connectivity index (χ3n) is 3.45. The van der Waals surface area contributed by atoms with Gasteiger partial charge in [-0.2, -0.15) is 0 Å². The van der Waals surface area contributed by atoms with E-state index in [0.717, 1.165) is 12.2 Å². The van der Waals surface area contributed by atoms with Crippen LogP contribution in [0.3, 0.4) is 0 Å². The lowest BCUT2D eigenvalue weighted by atomic mass is 10.0. The third kappa shape index (κ3) is 4.21. The van der Waals surface area contributed by atoms with Crippen molar-refractivity contribution in [3.05, 3.63) is 53.6 Å². The van der Waals surface area contributed by atoms with Gasteiger partial charge >= 0.3 is 0 Å². The molecule has 0 bridgehead atoms. The van der Waals surface area contributed by atoms with Crippen LogP contribution in [0.2, 0.25) is 0 Å². The van der Waals surface area contributed by atoms with Crippen molar-refractivity contribution in [3.63, 3.8) is 0 Å². The van der Waals surface area contributed by atoms with E-state index < -0.39 is 0 Å². The zero-order chi connectivity index (χ0) is 13.5. The number of unbranched alkanes of at least 4 members (excludes halogenated alkanes) is 1. The predicted molar refractivity (Wildman–Crippen MR) is 78.9 cm³/mol. The number of rotatable bonds is 7. The molecule has 102 valence electrons. The molecule has 1 aromatic carbocycles. The van der Waals surface area contributed by atoms with Crippen LogP contribution >= 0.6 is 0 Å². The molecular weight excluding hydrogens is 234 g/mol. The lowest BCUT2D eigenvalue weighted by molar-refractivity contribution is 0.569. The molecule has 0 aliphatic carbocycles. The molecule has 0 spiro atoms. The Bertz CT molecular complexity index is 459. The fourth-order valence-corrected chi connectivity index (χ4v) is 2.12. The van der Waals surface area contributed by atoms with Crippen molar-refractivity contribution < 1.29 is 0 Å². The molecule has 0 radical (unpaired) electrons. The molecule has 1 unspecified atom stereocenters. The van der Waals surface area contributed by atoms with Crippen LogP contribution in [0.25, 0.3) is 0 Å². The van der Waals surface area contributed by atoms with Gasteiger partial charge in [-0.1, -0.05) is 37.6 Å². The molecule has 2 aromatic rings. The first-order chi connectivity index (χ1) is 9.29. The Hall–Kier alpha value is -1.61. The van der Waals surface area contributed by atoms with Gasteiger partial charge in [-0.15, -0.1) is 0 Å². The number of aromatic amines is 1. The van der Waals surface area contributed by atoms with E-state index in [2.05, 4.69) is 53.4 Å². The second-order valence-electron chi connectivity index (χ2n) is 5.02. The Morgan fingerprint density at radius 3 is 2.68 bits per heavy atom. The van der Waals surface area contributed by atoms with Crippen molar-refractivity contribution in [1.29, 1.82) is 0 Å². The summed E-state index contributed by atoms with van der Waals surface area (Å²) in [6, 6.07) is 9.31. The van der Waals surface area contributed by atoms with E-state index in [0.29, 0.717) is 6.04 Å². The summed E-state index contributed by atoms with van der Waals surface area (Å²) in [6.45, 7) is 5.24. The highest BCUT2D eigenvalue weighted by atomic mass is 14.9. The smallest absolute Gasteiger partial charge is 0.0922 e. The summed E-state index contributed by atoms with van der Waals surface area (Å²) in [4.78, 5) is 7.12. The molecule has 3 heteroatoms. The maximum Gasteiger partial charge on any atom is 0.0922 e. The largest absolute Gasteiger partial charge is 0.347 e. The summed E-state index contributed by atoms with van der Waals surface area (Å²) in [5.74, 6) is 0. The Morgan fingerprint density at radius 2 is 2.05 bits per heavy atom. The number of hydrogen-bond acceptors (Lipinski definition) is 2. The minimum atomic E-state index is 0.350. The van der Waals surface area contributed by atoms with E-state index in [9.17, 15) is 0 Å². The summed E-state index contributed by atoms with van der Waals surface area (Å²) in [7, 11) is 0. The van der Waals surface area contributed by atoms with Gasteiger partial charge in [-0.05, 0) is 30.9 Å². The number of aromatic nitrogens is 2. The zero-order valence-corrected chi connectivity index (χ0v) is 11.8. The van der Waals surface area contributed by atoms with Gasteiger partial charge in [0.2, 0.25) is 0 Å². The van der Waals surface area contributed by atoms with Crippen LogP contribution in [0.1, 0.15) is 49.6 Å². The van der Waals surface area contributed by atoms with E-state index in [1.807, 2.05) is 6.20 Å². The van der Waals surface area contributed by atoms with Gasteiger partial charge in [0.25, 0.3) is 0 Å². The fraction of sp³-hybridized carbons (Fsp3) is 0.438. The normalized spacial score (nSPS) is 12.5. The first-order valence-corrected chi connectivity index (χ1v) is 7.09. The van der Waals surface area contributed by atoms with E-state index in [1.165, 1.54) is 30.4 Å². The number of nitrogens with zero attached hydrogens (tertiary/aromatic N) is 1. The maximum atomic E-state index is 4.02. The molecule has 19 heavy (non-hydrogen) atoms. The number of H-pyrrole nitrogens is 1. The SMILES string of the molecule is CCCCc1ccc(C(C)NCc2cnc[nH]2)cc1. The van der Waals surface area contributed by atoms with E-state index in [-0.39, 0.29) is 0 Å². The molecule has 1 heterocycles. The zero-order valence-electron chi connectivity index (χ0n) is 11.8. The molecule has 0 saturated heterocycles. The predicted octanol–water partition coefficient (Wildman–Crippen LogP) is 3.60. The second-order valence-corrected chi connectivity index (χ2v) is 5.02. The molecule has 0 saturated carbocycles. The van der Waals surface area contributed by atoms with Crippen molar-refractivity contribution in [2.75, 3.05) is 0 Å². The van der Waals surface area contributed by atoms with Crippen LogP contribution < -0.4 is 5.32 Å². The van der Waals surface area contributed by atoms with Crippen molar-refractivity contribution in [1.82, 2.24) is 15.3 Å². The standard InChI is InChI=1S/C16H23N3/c1-3-4-5-14-6-8-15(9-7-14)13(2)18-11-16-10-17-12-19-16/h6-10,12-13,18H,3-5,11H2,1-2H3,(H,17,19). The second kappa shape index (κ2) is 7.10. The van der Waals surface area contributed by atoms with Crippen LogP contribution in [-0.4, -0.2) is 9.97 Å². The highest BCUT2D eigenvalue weighted by Crippen LogP contribution is 2.15. The Kier molecular flexibility index (Phi) is 5.16. The maximum absolute atomic E-state index is 4.02. The highest BCUT2D eigenvalue weighted by Gasteiger charge is 2.05. The number of nitrogens with one attached hydrogen (secondary N) is 2. The van der Waals surface area contributed by atoms with E-state index in [4.69, 9.17) is 0 Å². The molecule has 0 amide bonds. The average Bonchev–Trinajstić information content (AvgIpc) is 2.96.